The number of hydrogen-bond donors (Lipinski definition) is 0. The summed E-state index contributed by atoms with van der Waals surface area (Å²) in [4.78, 5) is 15.2. The molecule has 0 fully saturated rings. The van der Waals surface area contributed by atoms with E-state index in [2.05, 4.69) is 116 Å². The SMILES string of the molecule is C=CC(=C)C#N.Cc1ccc(-c2ccc3c(c2)c2ccccc2n3-c2cc(-c3cccc(C#N)c3)ccc2-c2nc(-c3ccccc3)nc(-c3ccccc3)n2)cc1. The van der Waals surface area contributed by atoms with Crippen LogP contribution in [0.15, 0.2) is 195 Å². The summed E-state index contributed by atoms with van der Waals surface area (Å²) in [5.41, 5.74) is 12.3. The molecule has 6 nitrogen and oxygen atoms in total. The molecule has 0 aliphatic carbocycles. The molecule has 0 spiro atoms. The fraction of sp³-hybridized carbons (Fsp3) is 0.0192. The van der Waals surface area contributed by atoms with Crippen LogP contribution in [0.3, 0.4) is 0 Å². The van der Waals surface area contributed by atoms with Gasteiger partial charge in [0, 0.05) is 33.0 Å². The Hall–Kier alpha value is -8.19. The normalized spacial score (nSPS) is 10.6. The number of aromatic nitrogens is 4. The van der Waals surface area contributed by atoms with E-state index >= 15 is 0 Å². The maximum atomic E-state index is 9.72. The minimum Gasteiger partial charge on any atom is -0.308 e. The molecule has 0 saturated heterocycles. The molecule has 0 aliphatic rings. The third-order valence-electron chi connectivity index (χ3n) is 9.95. The molecule has 2 aromatic heterocycles. The van der Waals surface area contributed by atoms with E-state index in [-0.39, 0.29) is 0 Å². The lowest BCUT2D eigenvalue weighted by Gasteiger charge is -2.16. The summed E-state index contributed by atoms with van der Waals surface area (Å²) in [6.45, 7) is 8.73. The number of rotatable bonds is 7. The molecule has 58 heavy (non-hydrogen) atoms. The number of nitrogens with zero attached hydrogens (tertiary/aromatic N) is 6. The van der Waals surface area contributed by atoms with Crippen LogP contribution in [-0.4, -0.2) is 19.5 Å². The fourth-order valence-corrected chi connectivity index (χ4v) is 6.99. The van der Waals surface area contributed by atoms with Crippen molar-refractivity contribution in [2.24, 2.45) is 0 Å². The van der Waals surface area contributed by atoms with Crippen molar-refractivity contribution in [2.75, 3.05) is 0 Å². The molecule has 0 radical (unpaired) electrons. The van der Waals surface area contributed by atoms with Crippen molar-refractivity contribution in [2.45, 2.75) is 6.92 Å². The van der Waals surface area contributed by atoms with Gasteiger partial charge in [0.1, 0.15) is 0 Å². The lowest BCUT2D eigenvalue weighted by atomic mass is 9.99. The van der Waals surface area contributed by atoms with Gasteiger partial charge in [-0.2, -0.15) is 10.5 Å². The summed E-state index contributed by atoms with van der Waals surface area (Å²) in [7, 11) is 0. The van der Waals surface area contributed by atoms with Gasteiger partial charge in [0.25, 0.3) is 0 Å². The summed E-state index contributed by atoms with van der Waals surface area (Å²) < 4.78 is 2.32. The maximum absolute atomic E-state index is 9.72. The van der Waals surface area contributed by atoms with Crippen molar-refractivity contribution >= 4 is 21.8 Å². The van der Waals surface area contributed by atoms with E-state index in [1.807, 2.05) is 84.9 Å². The standard InChI is InChI=1S/C47H31N5.C5H5N/c1-31-19-21-33(22-20-31)37-24-26-43-41(28-37)39-17-8-9-18-42(39)52(43)44-29-38(36-16-10-11-32(27-36)30-48)23-25-40(44)47-50-45(34-12-4-2-5-13-34)49-46(51-47)35-14-6-3-7-15-35;1-3-5(2)4-6/h2-29H,1H3;3H,1-2H2. The summed E-state index contributed by atoms with van der Waals surface area (Å²) in [5, 5.41) is 19.9. The van der Waals surface area contributed by atoms with Crippen molar-refractivity contribution in [1.82, 2.24) is 19.5 Å². The van der Waals surface area contributed by atoms with E-state index < -0.39 is 0 Å². The molecule has 0 unspecified atom stereocenters. The van der Waals surface area contributed by atoms with Crippen LogP contribution in [0.5, 0.6) is 0 Å². The Morgan fingerprint density at radius 2 is 1.09 bits per heavy atom. The van der Waals surface area contributed by atoms with Crippen molar-refractivity contribution in [3.05, 3.63) is 206 Å². The lowest BCUT2D eigenvalue weighted by Crippen LogP contribution is -2.04. The second-order valence-corrected chi connectivity index (χ2v) is 13.8. The molecular formula is C52H36N6. The number of nitriles is 2. The first kappa shape index (κ1) is 36.8. The predicted molar refractivity (Wildman–Crippen MR) is 236 cm³/mol. The van der Waals surface area contributed by atoms with Crippen LogP contribution in [0, 0.1) is 29.6 Å². The highest BCUT2D eigenvalue weighted by Gasteiger charge is 2.21. The number of aryl methyl sites for hydroxylation is 1. The highest BCUT2D eigenvalue weighted by Crippen LogP contribution is 2.39. The average molecular weight is 745 g/mol. The second kappa shape index (κ2) is 16.3. The smallest absolute Gasteiger partial charge is 0.166 e. The first-order chi connectivity index (χ1) is 28.4. The number of para-hydroxylation sites is 1. The average Bonchev–Trinajstić information content (AvgIpc) is 3.63. The van der Waals surface area contributed by atoms with Crippen LogP contribution in [-0.2, 0) is 0 Å². The van der Waals surface area contributed by atoms with Gasteiger partial charge < -0.3 is 4.57 Å². The first-order valence-electron chi connectivity index (χ1n) is 18.8. The minimum atomic E-state index is 0.412. The van der Waals surface area contributed by atoms with Gasteiger partial charge in [0.15, 0.2) is 17.5 Å². The second-order valence-electron chi connectivity index (χ2n) is 13.8. The number of hydrogen-bond acceptors (Lipinski definition) is 5. The molecule has 9 rings (SSSR count). The first-order valence-corrected chi connectivity index (χ1v) is 18.8. The minimum absolute atomic E-state index is 0.412. The zero-order valence-electron chi connectivity index (χ0n) is 31.8. The Morgan fingerprint density at radius 1 is 0.534 bits per heavy atom. The van der Waals surface area contributed by atoms with Crippen LogP contribution in [0.4, 0.5) is 0 Å². The Labute approximate surface area is 337 Å². The van der Waals surface area contributed by atoms with Gasteiger partial charge in [-0.1, -0.05) is 152 Å². The van der Waals surface area contributed by atoms with E-state index in [0.717, 1.165) is 60.9 Å². The van der Waals surface area contributed by atoms with E-state index in [0.29, 0.717) is 28.6 Å². The van der Waals surface area contributed by atoms with Gasteiger partial charge in [0.05, 0.1) is 34.4 Å². The Kier molecular flexibility index (Phi) is 10.3. The number of fused-ring (bicyclic) bond motifs is 3. The van der Waals surface area contributed by atoms with E-state index in [1.54, 1.807) is 6.07 Å². The largest absolute Gasteiger partial charge is 0.308 e. The molecule has 9 aromatic rings. The predicted octanol–water partition coefficient (Wildman–Crippen LogP) is 12.7. The van der Waals surface area contributed by atoms with Gasteiger partial charge in [-0.15, -0.1) is 0 Å². The fourth-order valence-electron chi connectivity index (χ4n) is 6.99. The lowest BCUT2D eigenvalue weighted by molar-refractivity contribution is 1.06. The third-order valence-corrected chi connectivity index (χ3v) is 9.95. The molecule has 0 atom stereocenters. The van der Waals surface area contributed by atoms with Gasteiger partial charge in [0.2, 0.25) is 0 Å². The van der Waals surface area contributed by atoms with Crippen LogP contribution in [0.25, 0.3) is 83.9 Å². The van der Waals surface area contributed by atoms with Crippen molar-refractivity contribution in [1.29, 1.82) is 10.5 Å². The van der Waals surface area contributed by atoms with Crippen LogP contribution >= 0.6 is 0 Å². The topological polar surface area (TPSA) is 91.2 Å². The number of allylic oxidation sites excluding steroid dienone is 2. The monoisotopic (exact) mass is 744 g/mol. The zero-order valence-corrected chi connectivity index (χ0v) is 31.8. The van der Waals surface area contributed by atoms with Gasteiger partial charge in [-0.05, 0) is 71.6 Å². The quantitative estimate of drug-likeness (QED) is 0.120. The summed E-state index contributed by atoms with van der Waals surface area (Å²) in [5.74, 6) is 1.78. The van der Waals surface area contributed by atoms with Crippen molar-refractivity contribution in [3.63, 3.8) is 0 Å². The van der Waals surface area contributed by atoms with Crippen LogP contribution in [0.1, 0.15) is 11.1 Å². The highest BCUT2D eigenvalue weighted by atomic mass is 15.1. The summed E-state index contributed by atoms with van der Waals surface area (Å²) >= 11 is 0. The van der Waals surface area contributed by atoms with Crippen molar-refractivity contribution < 1.29 is 0 Å². The number of benzene rings is 7. The molecule has 6 heteroatoms. The third kappa shape index (κ3) is 7.42. The van der Waals surface area contributed by atoms with E-state index in [9.17, 15) is 5.26 Å². The maximum Gasteiger partial charge on any atom is 0.166 e. The van der Waals surface area contributed by atoms with Crippen molar-refractivity contribution in [3.8, 4) is 74.2 Å². The molecule has 7 aromatic carbocycles. The van der Waals surface area contributed by atoms with Gasteiger partial charge in [-0.25, -0.2) is 15.0 Å². The van der Waals surface area contributed by atoms with E-state index in [1.165, 1.54) is 17.2 Å². The molecule has 0 saturated carbocycles. The van der Waals surface area contributed by atoms with Gasteiger partial charge >= 0.3 is 0 Å². The summed E-state index contributed by atoms with van der Waals surface area (Å²) in [6, 6.07) is 62.3. The summed E-state index contributed by atoms with van der Waals surface area (Å²) in [6.07, 6.45) is 1.42. The molecule has 2 heterocycles. The Bertz CT molecular complexity index is 3000. The zero-order chi connectivity index (χ0) is 40.0. The molecule has 0 amide bonds. The Balaban J connectivity index is 0.000000729. The molecule has 274 valence electrons. The van der Waals surface area contributed by atoms with E-state index in [4.69, 9.17) is 20.2 Å². The van der Waals surface area contributed by atoms with Crippen LogP contribution < -0.4 is 0 Å². The Morgan fingerprint density at radius 3 is 1.72 bits per heavy atom. The van der Waals surface area contributed by atoms with Gasteiger partial charge in [-0.3, -0.25) is 0 Å². The molecule has 0 N–H and O–H groups in total. The van der Waals surface area contributed by atoms with Crippen LogP contribution in [0.2, 0.25) is 0 Å². The highest BCUT2D eigenvalue weighted by molar-refractivity contribution is 6.11. The molecular weight excluding hydrogens is 709 g/mol. The molecule has 0 aliphatic heterocycles. The molecule has 0 bridgehead atoms.